The van der Waals surface area contributed by atoms with Crippen molar-refractivity contribution < 1.29 is 19.2 Å². The molecule has 0 unspecified atom stereocenters. The van der Waals surface area contributed by atoms with E-state index in [9.17, 15) is 19.2 Å². The van der Waals surface area contributed by atoms with E-state index in [2.05, 4.69) is 0 Å². The predicted molar refractivity (Wildman–Crippen MR) is 117 cm³/mol. The van der Waals surface area contributed by atoms with E-state index < -0.39 is 17.3 Å². The van der Waals surface area contributed by atoms with Crippen molar-refractivity contribution in [3.8, 4) is 0 Å². The third kappa shape index (κ3) is 2.08. The summed E-state index contributed by atoms with van der Waals surface area (Å²) in [5.74, 6) is -2.48. The maximum absolute atomic E-state index is 13.8. The highest BCUT2D eigenvalue weighted by atomic mass is 16.2. The van der Waals surface area contributed by atoms with E-state index in [0.717, 1.165) is 28.5 Å². The Labute approximate surface area is 184 Å². The van der Waals surface area contributed by atoms with Crippen molar-refractivity contribution >= 4 is 29.6 Å². The number of anilines is 1. The zero-order valence-electron chi connectivity index (χ0n) is 17.3. The molecule has 5 nitrogen and oxygen atoms in total. The molecule has 1 heterocycles. The smallest absolute Gasteiger partial charge is 0.239 e. The number of imide groups is 1. The molecule has 1 fully saturated rings. The van der Waals surface area contributed by atoms with Gasteiger partial charge < -0.3 is 4.79 Å². The number of hydrogen-bond donors (Lipinski definition) is 0. The molecule has 32 heavy (non-hydrogen) atoms. The first-order chi connectivity index (χ1) is 15.5. The number of ketones is 1. The molecule has 2 bridgehead atoms. The summed E-state index contributed by atoms with van der Waals surface area (Å²) in [4.78, 5) is 53.3. The van der Waals surface area contributed by atoms with Crippen molar-refractivity contribution in [3.05, 3.63) is 101 Å². The van der Waals surface area contributed by atoms with Crippen LogP contribution in [0.2, 0.25) is 0 Å². The van der Waals surface area contributed by atoms with Crippen LogP contribution in [-0.2, 0) is 19.8 Å². The predicted octanol–water partition coefficient (Wildman–Crippen LogP) is 3.64. The van der Waals surface area contributed by atoms with Crippen LogP contribution < -0.4 is 4.90 Å². The summed E-state index contributed by atoms with van der Waals surface area (Å²) in [6.45, 7) is 1.47. The largest absolute Gasteiger partial charge is 0.302 e. The number of carbonyl (C=O) groups is 4. The van der Waals surface area contributed by atoms with Crippen molar-refractivity contribution in [1.29, 1.82) is 0 Å². The summed E-state index contributed by atoms with van der Waals surface area (Å²) >= 11 is 0. The fourth-order valence-corrected chi connectivity index (χ4v) is 6.13. The minimum absolute atomic E-state index is 0.0897. The third-order valence-corrected chi connectivity index (χ3v) is 7.40. The van der Waals surface area contributed by atoms with E-state index in [0.29, 0.717) is 11.3 Å². The van der Waals surface area contributed by atoms with Gasteiger partial charge in [0.25, 0.3) is 0 Å². The molecule has 7 rings (SSSR count). The number of nitrogens with zero attached hydrogens (tertiary/aromatic N) is 1. The lowest BCUT2D eigenvalue weighted by atomic mass is 9.48. The Morgan fingerprint density at radius 2 is 1.41 bits per heavy atom. The molecule has 0 aromatic heterocycles. The van der Waals surface area contributed by atoms with E-state index >= 15 is 0 Å². The lowest BCUT2D eigenvalue weighted by Crippen LogP contribution is -2.54. The van der Waals surface area contributed by atoms with Gasteiger partial charge in [-0.05, 0) is 53.4 Å². The molecule has 2 amide bonds. The summed E-state index contributed by atoms with van der Waals surface area (Å²) in [7, 11) is 0. The molecule has 3 aromatic rings. The first-order valence-electron chi connectivity index (χ1n) is 10.6. The zero-order valence-corrected chi connectivity index (χ0v) is 17.3. The Balaban J connectivity index is 1.58. The van der Waals surface area contributed by atoms with E-state index in [1.165, 1.54) is 11.8 Å². The summed E-state index contributed by atoms with van der Waals surface area (Å²) in [6.07, 6.45) is 0.866. The zero-order chi connectivity index (χ0) is 22.2. The van der Waals surface area contributed by atoms with Crippen LogP contribution in [0, 0.1) is 11.8 Å². The van der Waals surface area contributed by atoms with Gasteiger partial charge >= 0.3 is 0 Å². The maximum Gasteiger partial charge on any atom is 0.239 e. The van der Waals surface area contributed by atoms with Crippen LogP contribution in [0.25, 0.3) is 0 Å². The Morgan fingerprint density at radius 1 is 0.844 bits per heavy atom. The molecular formula is C27H19NO4. The van der Waals surface area contributed by atoms with Gasteiger partial charge in [0.1, 0.15) is 6.29 Å². The monoisotopic (exact) mass is 421 g/mol. The fraction of sp³-hybridized carbons (Fsp3) is 0.185. The molecule has 156 valence electrons. The second-order valence-electron chi connectivity index (χ2n) is 8.76. The minimum Gasteiger partial charge on any atom is -0.302 e. The van der Waals surface area contributed by atoms with Gasteiger partial charge in [-0.15, -0.1) is 0 Å². The highest BCUT2D eigenvalue weighted by Gasteiger charge is 2.68. The molecule has 2 atom stereocenters. The summed E-state index contributed by atoms with van der Waals surface area (Å²) in [6, 6.07) is 21.8. The average molecular weight is 421 g/mol. The van der Waals surface area contributed by atoms with E-state index in [-0.39, 0.29) is 23.5 Å². The number of aldehydes is 1. The van der Waals surface area contributed by atoms with Crippen LogP contribution >= 0.6 is 0 Å². The Kier molecular flexibility index (Phi) is 3.73. The summed E-state index contributed by atoms with van der Waals surface area (Å²) in [5, 5.41) is 0. The summed E-state index contributed by atoms with van der Waals surface area (Å²) < 4.78 is 0. The fourth-order valence-electron chi connectivity index (χ4n) is 6.13. The molecule has 0 N–H and O–H groups in total. The number of rotatable bonds is 3. The van der Waals surface area contributed by atoms with E-state index in [1.54, 1.807) is 24.3 Å². The van der Waals surface area contributed by atoms with Gasteiger partial charge in [0.15, 0.2) is 5.78 Å². The van der Waals surface area contributed by atoms with Gasteiger partial charge in [-0.2, -0.15) is 0 Å². The van der Waals surface area contributed by atoms with Gasteiger partial charge in [-0.25, -0.2) is 4.90 Å². The highest BCUT2D eigenvalue weighted by Crippen LogP contribution is 2.63. The van der Waals surface area contributed by atoms with Gasteiger partial charge in [0, 0.05) is 11.5 Å². The minimum atomic E-state index is -1.20. The first kappa shape index (κ1) is 18.9. The molecule has 0 saturated carbocycles. The molecule has 3 aromatic carbocycles. The number of benzene rings is 3. The molecule has 1 saturated heterocycles. The van der Waals surface area contributed by atoms with Crippen molar-refractivity contribution in [1.82, 2.24) is 0 Å². The number of Topliss-reactive ketones (excluding diaryl/α,β-unsaturated/α-hetero) is 1. The first-order valence-corrected chi connectivity index (χ1v) is 10.6. The maximum atomic E-state index is 13.8. The lowest BCUT2D eigenvalue weighted by Gasteiger charge is -2.51. The van der Waals surface area contributed by atoms with Gasteiger partial charge in [-0.3, -0.25) is 14.4 Å². The number of hydrogen-bond acceptors (Lipinski definition) is 4. The molecular weight excluding hydrogens is 402 g/mol. The lowest BCUT2D eigenvalue weighted by molar-refractivity contribution is -0.128. The second kappa shape index (κ2) is 6.33. The van der Waals surface area contributed by atoms with Crippen LogP contribution in [0.4, 0.5) is 5.69 Å². The van der Waals surface area contributed by atoms with Crippen molar-refractivity contribution in [2.75, 3.05) is 4.90 Å². The van der Waals surface area contributed by atoms with E-state index in [1.807, 2.05) is 48.5 Å². The van der Waals surface area contributed by atoms with E-state index in [4.69, 9.17) is 0 Å². The quantitative estimate of drug-likeness (QED) is 0.368. The Hall–Kier alpha value is -3.86. The number of amides is 2. The van der Waals surface area contributed by atoms with Crippen LogP contribution in [0.1, 0.15) is 45.5 Å². The van der Waals surface area contributed by atoms with Crippen molar-refractivity contribution in [2.24, 2.45) is 11.8 Å². The molecule has 0 spiro atoms. The van der Waals surface area contributed by atoms with Gasteiger partial charge in [0.05, 0.1) is 22.9 Å². The SMILES string of the molecule is CC(=O)c1ccc(N2C(=O)[C@@H]3C4c5ccccc5C(C=O)(c5ccccc54)[C@@H]3C2=O)cc1. The average Bonchev–Trinajstić information content (AvgIpc) is 3.10. The van der Waals surface area contributed by atoms with Crippen molar-refractivity contribution in [3.63, 3.8) is 0 Å². The van der Waals surface area contributed by atoms with Crippen LogP contribution in [0.15, 0.2) is 72.8 Å². The molecule has 5 heteroatoms. The highest BCUT2D eigenvalue weighted by molar-refractivity contribution is 6.25. The molecule has 0 radical (unpaired) electrons. The normalized spacial score (nSPS) is 27.0. The van der Waals surface area contributed by atoms with Gasteiger partial charge in [0.2, 0.25) is 11.8 Å². The third-order valence-electron chi connectivity index (χ3n) is 7.40. The molecule has 4 aliphatic rings. The Bertz CT molecular complexity index is 1290. The number of carbonyl (C=O) groups excluding carboxylic acids is 4. The molecule has 1 aliphatic heterocycles. The topological polar surface area (TPSA) is 71.5 Å². The second-order valence-corrected chi connectivity index (χ2v) is 8.76. The van der Waals surface area contributed by atoms with Gasteiger partial charge in [-0.1, -0.05) is 48.5 Å². The van der Waals surface area contributed by atoms with Crippen LogP contribution in [0.3, 0.4) is 0 Å². The van der Waals surface area contributed by atoms with Crippen LogP contribution in [0.5, 0.6) is 0 Å². The Morgan fingerprint density at radius 3 is 1.94 bits per heavy atom. The standard InChI is InChI=1S/C27H19NO4/c1-15(30)16-10-12-17(13-11-16)28-25(31)23-22-18-6-2-4-8-20(18)27(14-29,24(23)26(28)32)21-9-5-3-7-19(21)22/h2-14,22-24H,1H3/t22?,23-,24+,27?/m1/s1. The van der Waals surface area contributed by atoms with Crippen LogP contribution in [-0.4, -0.2) is 23.9 Å². The van der Waals surface area contributed by atoms with Crippen molar-refractivity contribution in [2.45, 2.75) is 18.3 Å². The summed E-state index contributed by atoms with van der Waals surface area (Å²) in [5.41, 5.74) is 3.24. The molecule has 3 aliphatic carbocycles.